The molecule has 1 fully saturated rings. The van der Waals surface area contributed by atoms with Gasteiger partial charge in [0.25, 0.3) is 0 Å². The van der Waals surface area contributed by atoms with Gasteiger partial charge in [-0.3, -0.25) is 0 Å². The summed E-state index contributed by atoms with van der Waals surface area (Å²) < 4.78 is 0. The van der Waals surface area contributed by atoms with Crippen LogP contribution >= 0.6 is 0 Å². The second-order valence-electron chi connectivity index (χ2n) is 4.28. The van der Waals surface area contributed by atoms with Crippen molar-refractivity contribution in [1.29, 1.82) is 0 Å². The molecule has 4 nitrogen and oxygen atoms in total. The Morgan fingerprint density at radius 3 is 2.82 bits per heavy atom. The summed E-state index contributed by atoms with van der Waals surface area (Å²) >= 11 is 0. The summed E-state index contributed by atoms with van der Waals surface area (Å²) in [6.45, 7) is 3.95. The van der Waals surface area contributed by atoms with Gasteiger partial charge in [0.15, 0.2) is 0 Å². The second-order valence-corrected chi connectivity index (χ2v) is 4.28. The van der Waals surface area contributed by atoms with Gasteiger partial charge in [-0.15, -0.1) is 0 Å². The third-order valence-electron chi connectivity index (χ3n) is 3.14. The molecule has 0 amide bonds. The van der Waals surface area contributed by atoms with Gasteiger partial charge in [0, 0.05) is 37.8 Å². The van der Waals surface area contributed by atoms with Crippen molar-refractivity contribution < 1.29 is 5.11 Å². The summed E-state index contributed by atoms with van der Waals surface area (Å²) in [5.74, 6) is 1.32. The van der Waals surface area contributed by atoms with E-state index in [1.807, 2.05) is 12.1 Å². The summed E-state index contributed by atoms with van der Waals surface area (Å²) in [7, 11) is 0. The Morgan fingerprint density at radius 2 is 2.00 bits per heavy atom. The van der Waals surface area contributed by atoms with Gasteiger partial charge >= 0.3 is 0 Å². The molecule has 1 aromatic carbocycles. The van der Waals surface area contributed by atoms with E-state index >= 15 is 0 Å². The van der Waals surface area contributed by atoms with Crippen LogP contribution in [0.3, 0.4) is 0 Å². The lowest BCUT2D eigenvalue weighted by atomic mass is 10.1. The maximum absolute atomic E-state index is 9.49. The predicted octanol–water partition coefficient (Wildman–Crippen LogP) is 1.35. The van der Waals surface area contributed by atoms with Crippen molar-refractivity contribution >= 4 is 16.6 Å². The summed E-state index contributed by atoms with van der Waals surface area (Å²) in [4.78, 5) is 6.76. The van der Waals surface area contributed by atoms with Gasteiger partial charge in [-0.25, -0.2) is 4.98 Å². The minimum Gasteiger partial charge on any atom is -0.508 e. The highest BCUT2D eigenvalue weighted by atomic mass is 16.3. The van der Waals surface area contributed by atoms with Gasteiger partial charge in [0.1, 0.15) is 11.6 Å². The largest absolute Gasteiger partial charge is 0.508 e. The van der Waals surface area contributed by atoms with E-state index in [1.54, 1.807) is 18.3 Å². The van der Waals surface area contributed by atoms with E-state index in [9.17, 15) is 5.11 Å². The fraction of sp³-hybridized carbons (Fsp3) is 0.308. The molecule has 2 heterocycles. The monoisotopic (exact) mass is 229 g/mol. The molecular weight excluding hydrogens is 214 g/mol. The highest BCUT2D eigenvalue weighted by Gasteiger charge is 2.14. The molecule has 2 aromatic rings. The maximum Gasteiger partial charge on any atom is 0.136 e. The Labute approximate surface area is 99.9 Å². The number of aromatic nitrogens is 1. The van der Waals surface area contributed by atoms with Crippen molar-refractivity contribution in [2.45, 2.75) is 0 Å². The van der Waals surface area contributed by atoms with Crippen LogP contribution in [0.5, 0.6) is 5.75 Å². The summed E-state index contributed by atoms with van der Waals surface area (Å²) in [6.07, 6.45) is 1.80. The molecule has 0 unspecified atom stereocenters. The zero-order chi connectivity index (χ0) is 11.7. The first-order valence-corrected chi connectivity index (χ1v) is 5.88. The number of anilines is 1. The second kappa shape index (κ2) is 4.22. The molecule has 88 valence electrons. The molecule has 4 heteroatoms. The molecule has 0 radical (unpaired) electrons. The average molecular weight is 229 g/mol. The van der Waals surface area contributed by atoms with E-state index < -0.39 is 0 Å². The lowest BCUT2D eigenvalue weighted by Crippen LogP contribution is -2.43. The van der Waals surface area contributed by atoms with Gasteiger partial charge in [-0.2, -0.15) is 0 Å². The fourth-order valence-corrected chi connectivity index (χ4v) is 2.28. The molecule has 17 heavy (non-hydrogen) atoms. The number of nitrogens with zero attached hydrogens (tertiary/aromatic N) is 2. The Hall–Kier alpha value is -1.81. The van der Waals surface area contributed by atoms with Gasteiger partial charge in [0.05, 0.1) is 0 Å². The molecule has 1 aromatic heterocycles. The smallest absolute Gasteiger partial charge is 0.136 e. The van der Waals surface area contributed by atoms with Gasteiger partial charge in [-0.05, 0) is 29.7 Å². The van der Waals surface area contributed by atoms with Crippen LogP contribution in [0.4, 0.5) is 5.82 Å². The summed E-state index contributed by atoms with van der Waals surface area (Å²) in [5.41, 5.74) is 0. The van der Waals surface area contributed by atoms with Crippen molar-refractivity contribution in [3.63, 3.8) is 0 Å². The molecule has 0 atom stereocenters. The molecular formula is C13H15N3O. The van der Waals surface area contributed by atoms with Crippen molar-refractivity contribution in [2.24, 2.45) is 0 Å². The van der Waals surface area contributed by atoms with Crippen LogP contribution in [0, 0.1) is 0 Å². The normalized spacial score (nSPS) is 16.4. The van der Waals surface area contributed by atoms with Crippen LogP contribution < -0.4 is 10.2 Å². The van der Waals surface area contributed by atoms with E-state index in [2.05, 4.69) is 15.2 Å². The maximum atomic E-state index is 9.49. The van der Waals surface area contributed by atoms with Crippen molar-refractivity contribution in [3.05, 3.63) is 30.5 Å². The molecule has 0 saturated carbocycles. The number of hydrogen-bond acceptors (Lipinski definition) is 4. The first-order valence-electron chi connectivity index (χ1n) is 5.88. The van der Waals surface area contributed by atoms with Crippen LogP contribution in [-0.2, 0) is 0 Å². The van der Waals surface area contributed by atoms with E-state index in [0.29, 0.717) is 5.75 Å². The third-order valence-corrected chi connectivity index (χ3v) is 3.14. The predicted molar refractivity (Wildman–Crippen MR) is 68.5 cm³/mol. The average Bonchev–Trinajstić information content (AvgIpc) is 2.39. The Balaban J connectivity index is 2.09. The molecule has 1 saturated heterocycles. The molecule has 0 aliphatic carbocycles. The molecule has 3 rings (SSSR count). The number of nitrogens with one attached hydrogen (secondary N) is 1. The Bertz CT molecular complexity index is 535. The number of fused-ring (bicyclic) bond motifs is 1. The third kappa shape index (κ3) is 1.91. The van der Waals surface area contributed by atoms with E-state index in [1.165, 1.54) is 0 Å². The number of rotatable bonds is 1. The number of piperazine rings is 1. The standard InChI is InChI=1S/C13H15N3O/c17-11-1-2-12-10(9-11)3-4-15-13(12)16-7-5-14-6-8-16/h1-4,9,14,17H,5-8H2. The Kier molecular flexibility index (Phi) is 2.57. The SMILES string of the molecule is Oc1ccc2c(N3CCNCC3)nccc2c1. The zero-order valence-corrected chi connectivity index (χ0v) is 9.56. The van der Waals surface area contributed by atoms with E-state index in [4.69, 9.17) is 0 Å². The van der Waals surface area contributed by atoms with Crippen LogP contribution in [0.15, 0.2) is 30.5 Å². The molecule has 1 aliphatic rings. The first-order chi connectivity index (χ1) is 8.34. The quantitative estimate of drug-likeness (QED) is 0.775. The number of aromatic hydroxyl groups is 1. The number of phenols is 1. The lowest BCUT2D eigenvalue weighted by Gasteiger charge is -2.29. The molecule has 0 bridgehead atoms. The van der Waals surface area contributed by atoms with Crippen molar-refractivity contribution in [2.75, 3.05) is 31.1 Å². The van der Waals surface area contributed by atoms with Crippen LogP contribution in [-0.4, -0.2) is 36.3 Å². The Morgan fingerprint density at radius 1 is 1.18 bits per heavy atom. The van der Waals surface area contributed by atoms with Gasteiger partial charge < -0.3 is 15.3 Å². The van der Waals surface area contributed by atoms with E-state index in [0.717, 1.165) is 42.8 Å². The molecule has 1 aliphatic heterocycles. The number of hydrogen-bond donors (Lipinski definition) is 2. The first kappa shape index (κ1) is 10.4. The minimum atomic E-state index is 0.301. The van der Waals surface area contributed by atoms with Gasteiger partial charge in [0.2, 0.25) is 0 Å². The zero-order valence-electron chi connectivity index (χ0n) is 9.56. The summed E-state index contributed by atoms with van der Waals surface area (Å²) in [5, 5.41) is 15.0. The molecule has 0 spiro atoms. The highest BCUT2D eigenvalue weighted by Crippen LogP contribution is 2.27. The van der Waals surface area contributed by atoms with Gasteiger partial charge in [-0.1, -0.05) is 0 Å². The topological polar surface area (TPSA) is 48.4 Å². The minimum absolute atomic E-state index is 0.301. The number of benzene rings is 1. The highest BCUT2D eigenvalue weighted by molar-refractivity contribution is 5.93. The van der Waals surface area contributed by atoms with Crippen molar-refractivity contribution in [3.8, 4) is 5.75 Å². The number of phenolic OH excluding ortho intramolecular Hbond substituents is 1. The van der Waals surface area contributed by atoms with E-state index in [-0.39, 0.29) is 0 Å². The van der Waals surface area contributed by atoms with Crippen LogP contribution in [0.25, 0.3) is 10.8 Å². The van der Waals surface area contributed by atoms with Crippen LogP contribution in [0.1, 0.15) is 0 Å². The molecule has 2 N–H and O–H groups in total. The summed E-state index contributed by atoms with van der Waals surface area (Å²) in [6, 6.07) is 7.37. The van der Waals surface area contributed by atoms with Crippen molar-refractivity contribution in [1.82, 2.24) is 10.3 Å². The fourth-order valence-electron chi connectivity index (χ4n) is 2.28. The van der Waals surface area contributed by atoms with Crippen LogP contribution in [0.2, 0.25) is 0 Å². The lowest BCUT2D eigenvalue weighted by molar-refractivity contribution is 0.476. The number of pyridine rings is 1.